The monoisotopic (exact) mass is 294 g/mol. The number of ketones is 1. The molecule has 120 valence electrons. The highest BCUT2D eigenvalue weighted by Crippen LogP contribution is 2.43. The lowest BCUT2D eigenvalue weighted by Crippen LogP contribution is -2.47. The zero-order valence-corrected chi connectivity index (χ0v) is 13.5. The van der Waals surface area contributed by atoms with Crippen LogP contribution in [0.5, 0.6) is 0 Å². The molecule has 0 spiro atoms. The molecule has 0 aromatic carbocycles. The Morgan fingerprint density at radius 3 is 2.29 bits per heavy atom. The van der Waals surface area contributed by atoms with Crippen LogP contribution in [0.4, 0.5) is 0 Å². The van der Waals surface area contributed by atoms with E-state index < -0.39 is 5.41 Å². The van der Waals surface area contributed by atoms with E-state index in [1.807, 2.05) is 6.92 Å². The molecule has 0 saturated heterocycles. The van der Waals surface area contributed by atoms with Crippen LogP contribution in [0.1, 0.15) is 84.0 Å². The number of rotatable bonds is 2. The van der Waals surface area contributed by atoms with Crippen molar-refractivity contribution in [3.05, 3.63) is 0 Å². The van der Waals surface area contributed by atoms with Crippen LogP contribution in [-0.2, 0) is 14.3 Å². The van der Waals surface area contributed by atoms with Crippen molar-refractivity contribution in [3.63, 3.8) is 0 Å². The molecule has 0 radical (unpaired) electrons. The van der Waals surface area contributed by atoms with E-state index in [4.69, 9.17) is 4.74 Å². The number of esters is 1. The first kappa shape index (κ1) is 16.5. The van der Waals surface area contributed by atoms with Gasteiger partial charge in [-0.15, -0.1) is 0 Å². The number of hydrogen-bond donors (Lipinski definition) is 0. The van der Waals surface area contributed by atoms with Crippen LogP contribution >= 0.6 is 0 Å². The fourth-order valence-corrected chi connectivity index (χ4v) is 4.09. The Hall–Kier alpha value is -0.860. The van der Waals surface area contributed by atoms with Gasteiger partial charge in [0.25, 0.3) is 0 Å². The van der Waals surface area contributed by atoms with Crippen LogP contribution in [0, 0.1) is 11.3 Å². The molecule has 0 aromatic heterocycles. The van der Waals surface area contributed by atoms with Gasteiger partial charge < -0.3 is 4.74 Å². The second kappa shape index (κ2) is 7.95. The van der Waals surface area contributed by atoms with E-state index in [1.54, 1.807) is 0 Å². The molecule has 2 atom stereocenters. The van der Waals surface area contributed by atoms with Crippen LogP contribution in [0.15, 0.2) is 0 Å². The normalized spacial score (nSPS) is 31.9. The van der Waals surface area contributed by atoms with Gasteiger partial charge in [-0.2, -0.15) is 0 Å². The second-order valence-corrected chi connectivity index (χ2v) is 6.77. The molecular weight excluding hydrogens is 264 g/mol. The molecule has 21 heavy (non-hydrogen) atoms. The smallest absolute Gasteiger partial charge is 0.319 e. The van der Waals surface area contributed by atoms with Crippen LogP contribution in [0.25, 0.3) is 0 Å². The maximum atomic E-state index is 13.0. The topological polar surface area (TPSA) is 43.4 Å². The minimum Gasteiger partial charge on any atom is -0.465 e. The largest absolute Gasteiger partial charge is 0.465 e. The molecule has 0 N–H and O–H groups in total. The first-order valence-electron chi connectivity index (χ1n) is 8.92. The van der Waals surface area contributed by atoms with Crippen molar-refractivity contribution in [2.75, 3.05) is 6.61 Å². The number of ether oxygens (including phenoxy) is 1. The zero-order valence-electron chi connectivity index (χ0n) is 13.5. The first-order valence-corrected chi connectivity index (χ1v) is 8.92. The molecule has 3 nitrogen and oxygen atoms in total. The maximum Gasteiger partial charge on any atom is 0.319 e. The van der Waals surface area contributed by atoms with Gasteiger partial charge in [-0.3, -0.25) is 9.59 Å². The summed E-state index contributed by atoms with van der Waals surface area (Å²) < 4.78 is 5.29. The molecule has 2 rings (SSSR count). The Morgan fingerprint density at radius 2 is 1.57 bits per heavy atom. The van der Waals surface area contributed by atoms with E-state index in [0.717, 1.165) is 38.5 Å². The third-order valence-corrected chi connectivity index (χ3v) is 5.32. The quantitative estimate of drug-likeness (QED) is 0.559. The molecule has 0 unspecified atom stereocenters. The predicted octanol–water partition coefficient (Wildman–Crippen LogP) is 4.43. The fourth-order valence-electron chi connectivity index (χ4n) is 4.09. The maximum absolute atomic E-state index is 13.0. The fraction of sp³-hybridized carbons (Fsp3) is 0.889. The molecule has 2 bridgehead atoms. The lowest BCUT2D eigenvalue weighted by Gasteiger charge is -2.37. The Kier molecular flexibility index (Phi) is 6.25. The van der Waals surface area contributed by atoms with Gasteiger partial charge in [0.2, 0.25) is 0 Å². The van der Waals surface area contributed by atoms with Crippen LogP contribution in [0.3, 0.4) is 0 Å². The summed E-state index contributed by atoms with van der Waals surface area (Å²) in [5, 5.41) is 0. The van der Waals surface area contributed by atoms with E-state index in [0.29, 0.717) is 19.4 Å². The van der Waals surface area contributed by atoms with Crippen molar-refractivity contribution in [1.29, 1.82) is 0 Å². The van der Waals surface area contributed by atoms with Crippen LogP contribution in [0.2, 0.25) is 0 Å². The van der Waals surface area contributed by atoms with Gasteiger partial charge in [-0.05, 0) is 32.6 Å². The molecule has 0 amide bonds. The van der Waals surface area contributed by atoms with E-state index >= 15 is 0 Å². The molecule has 2 aliphatic carbocycles. The van der Waals surface area contributed by atoms with E-state index in [-0.39, 0.29) is 17.7 Å². The van der Waals surface area contributed by atoms with Crippen molar-refractivity contribution in [1.82, 2.24) is 0 Å². The van der Waals surface area contributed by atoms with E-state index in [1.165, 1.54) is 25.7 Å². The molecule has 2 fully saturated rings. The summed E-state index contributed by atoms with van der Waals surface area (Å²) in [4.78, 5) is 25.5. The molecule has 0 aromatic rings. The second-order valence-electron chi connectivity index (χ2n) is 6.77. The van der Waals surface area contributed by atoms with Gasteiger partial charge >= 0.3 is 5.97 Å². The average Bonchev–Trinajstić information content (AvgIpc) is 2.48. The lowest BCUT2D eigenvalue weighted by molar-refractivity contribution is -0.165. The number of carbonyl (C=O) groups is 2. The van der Waals surface area contributed by atoms with Gasteiger partial charge in [0.05, 0.1) is 6.61 Å². The Bertz CT molecular complexity index is 363. The highest BCUT2D eigenvalue weighted by atomic mass is 16.5. The zero-order chi connectivity index (χ0) is 15.1. The van der Waals surface area contributed by atoms with Gasteiger partial charge in [0.15, 0.2) is 5.78 Å². The summed E-state index contributed by atoms with van der Waals surface area (Å²) in [7, 11) is 0. The summed E-state index contributed by atoms with van der Waals surface area (Å²) in [6.07, 6.45) is 12.7. The van der Waals surface area contributed by atoms with Crippen molar-refractivity contribution in [3.8, 4) is 0 Å². The van der Waals surface area contributed by atoms with Gasteiger partial charge in [-0.25, -0.2) is 0 Å². The number of Topliss-reactive ketones (excluding diaryl/α,β-unsaturated/α-hetero) is 1. The summed E-state index contributed by atoms with van der Waals surface area (Å²) >= 11 is 0. The third-order valence-electron chi connectivity index (χ3n) is 5.32. The minimum absolute atomic E-state index is 0.0996. The molecular formula is C18H30O3. The molecule has 0 heterocycles. The standard InChI is InChI=1S/C18H30O3/c1-2-21-17(20)18-13-9-7-5-3-4-6-8-11-15(16(18)19)12-10-14-18/h15H,2-14H2,1H3/t15-,18+/m1/s1. The van der Waals surface area contributed by atoms with Crippen molar-refractivity contribution >= 4 is 11.8 Å². The summed E-state index contributed by atoms with van der Waals surface area (Å²) in [5.41, 5.74) is -0.807. The van der Waals surface area contributed by atoms with Crippen LogP contribution in [-0.4, -0.2) is 18.4 Å². The third kappa shape index (κ3) is 3.87. The highest BCUT2D eigenvalue weighted by Gasteiger charge is 2.50. The van der Waals surface area contributed by atoms with Crippen molar-refractivity contribution in [2.24, 2.45) is 11.3 Å². The molecule has 2 aliphatic rings. The first-order chi connectivity index (χ1) is 10.2. The lowest BCUT2D eigenvalue weighted by atomic mass is 9.64. The Morgan fingerprint density at radius 1 is 1.00 bits per heavy atom. The number of hydrogen-bond acceptors (Lipinski definition) is 3. The summed E-state index contributed by atoms with van der Waals surface area (Å²) in [5.74, 6) is 0.0621. The van der Waals surface area contributed by atoms with Crippen LogP contribution < -0.4 is 0 Å². The minimum atomic E-state index is -0.807. The molecule has 3 heteroatoms. The van der Waals surface area contributed by atoms with Crippen molar-refractivity contribution in [2.45, 2.75) is 84.0 Å². The summed E-state index contributed by atoms with van der Waals surface area (Å²) in [6, 6.07) is 0. The average molecular weight is 294 g/mol. The predicted molar refractivity (Wildman–Crippen MR) is 83.0 cm³/mol. The number of carbonyl (C=O) groups excluding carboxylic acids is 2. The van der Waals surface area contributed by atoms with Gasteiger partial charge in [0.1, 0.15) is 5.41 Å². The number of fused-ring (bicyclic) bond motifs is 2. The van der Waals surface area contributed by atoms with E-state index in [9.17, 15) is 9.59 Å². The van der Waals surface area contributed by atoms with E-state index in [2.05, 4.69) is 0 Å². The van der Waals surface area contributed by atoms with Gasteiger partial charge in [0, 0.05) is 5.92 Å². The van der Waals surface area contributed by atoms with Crippen molar-refractivity contribution < 1.29 is 14.3 Å². The molecule has 0 aliphatic heterocycles. The highest BCUT2D eigenvalue weighted by molar-refractivity contribution is 6.05. The van der Waals surface area contributed by atoms with Gasteiger partial charge in [-0.1, -0.05) is 51.4 Å². The molecule has 2 saturated carbocycles. The Balaban J connectivity index is 2.17. The summed E-state index contributed by atoms with van der Waals surface area (Å²) in [6.45, 7) is 2.20. The SMILES string of the molecule is CCOC(=O)[C@@]12CCCCCCCCC[C@H](CCC1)C2=O. The Labute approximate surface area is 128 Å².